The molecule has 0 amide bonds. The number of halogens is 2. The van der Waals surface area contributed by atoms with E-state index >= 15 is 0 Å². The third-order valence-electron chi connectivity index (χ3n) is 4.02. The maximum Gasteiger partial charge on any atom is 0.243 e. The lowest BCUT2D eigenvalue weighted by Crippen LogP contribution is -2.52. The van der Waals surface area contributed by atoms with E-state index in [4.69, 9.17) is 11.6 Å². The summed E-state index contributed by atoms with van der Waals surface area (Å²) >= 11 is 5.63. The number of rotatable bonds is 4. The Hall–Kier alpha value is -0.690. The number of nitrogens with one attached hydrogen (secondary N) is 2. The number of hydrogen-bond acceptors (Lipinski definition) is 3. The van der Waals surface area contributed by atoms with Gasteiger partial charge in [0.25, 0.3) is 0 Å². The zero-order chi connectivity index (χ0) is 15.7. The molecule has 0 saturated carbocycles. The summed E-state index contributed by atoms with van der Waals surface area (Å²) in [6, 6.07) is 3.97. The monoisotopic (exact) mass is 334 g/mol. The van der Waals surface area contributed by atoms with Crippen LogP contribution in [0.15, 0.2) is 23.1 Å². The Bertz CT molecular complexity index is 619. The van der Waals surface area contributed by atoms with Crippen LogP contribution in [0.5, 0.6) is 0 Å². The third kappa shape index (κ3) is 3.74. The summed E-state index contributed by atoms with van der Waals surface area (Å²) in [7, 11) is -3.91. The summed E-state index contributed by atoms with van der Waals surface area (Å²) in [4.78, 5) is -0.413. The van der Waals surface area contributed by atoms with E-state index in [1.54, 1.807) is 0 Å². The summed E-state index contributed by atoms with van der Waals surface area (Å²) in [6.45, 7) is 5.28. The molecule has 1 aromatic rings. The van der Waals surface area contributed by atoms with Crippen LogP contribution in [0.1, 0.15) is 26.7 Å². The molecule has 0 radical (unpaired) electrons. The van der Waals surface area contributed by atoms with Gasteiger partial charge in [-0.05, 0) is 36.9 Å². The van der Waals surface area contributed by atoms with Crippen LogP contribution in [0.4, 0.5) is 4.39 Å². The molecule has 7 heteroatoms. The van der Waals surface area contributed by atoms with Gasteiger partial charge in [-0.25, -0.2) is 17.5 Å². The Morgan fingerprint density at radius 1 is 1.48 bits per heavy atom. The number of hydrogen-bond donors (Lipinski definition) is 2. The molecule has 1 fully saturated rings. The third-order valence-corrected chi connectivity index (χ3v) is 5.75. The fourth-order valence-electron chi connectivity index (χ4n) is 2.58. The van der Waals surface area contributed by atoms with Crippen LogP contribution >= 0.6 is 11.6 Å². The van der Waals surface area contributed by atoms with Crippen LogP contribution in [0.2, 0.25) is 5.02 Å². The largest absolute Gasteiger partial charge is 0.312 e. The zero-order valence-electron chi connectivity index (χ0n) is 12.1. The lowest BCUT2D eigenvalue weighted by molar-refractivity contribution is 0.181. The van der Waals surface area contributed by atoms with Gasteiger partial charge < -0.3 is 5.32 Å². The molecule has 21 heavy (non-hydrogen) atoms. The van der Waals surface area contributed by atoms with Crippen molar-refractivity contribution in [3.05, 3.63) is 29.0 Å². The molecule has 1 atom stereocenters. The Morgan fingerprint density at radius 3 is 2.86 bits per heavy atom. The van der Waals surface area contributed by atoms with Crippen molar-refractivity contribution in [1.82, 2.24) is 10.0 Å². The predicted molar refractivity (Wildman–Crippen MR) is 81.4 cm³/mol. The van der Waals surface area contributed by atoms with Crippen LogP contribution < -0.4 is 10.0 Å². The van der Waals surface area contributed by atoms with Crippen LogP contribution in [0.3, 0.4) is 0 Å². The molecule has 1 saturated heterocycles. The quantitative estimate of drug-likeness (QED) is 0.889. The molecule has 1 aliphatic rings. The Balaban J connectivity index is 2.13. The van der Waals surface area contributed by atoms with Gasteiger partial charge in [-0.1, -0.05) is 31.5 Å². The van der Waals surface area contributed by atoms with Crippen molar-refractivity contribution in [2.75, 3.05) is 13.1 Å². The van der Waals surface area contributed by atoms with Crippen molar-refractivity contribution in [2.45, 2.75) is 37.6 Å². The molecule has 1 aromatic carbocycles. The van der Waals surface area contributed by atoms with Gasteiger partial charge in [-0.2, -0.15) is 0 Å². The Morgan fingerprint density at radius 2 is 2.19 bits per heavy atom. The maximum absolute atomic E-state index is 13.8. The highest BCUT2D eigenvalue weighted by Crippen LogP contribution is 2.30. The first kappa shape index (κ1) is 16.7. The first-order valence-electron chi connectivity index (χ1n) is 6.91. The maximum atomic E-state index is 13.8. The topological polar surface area (TPSA) is 58.2 Å². The molecule has 1 unspecified atom stereocenters. The summed E-state index contributed by atoms with van der Waals surface area (Å²) in [5.74, 6) is -0.914. The van der Waals surface area contributed by atoms with E-state index in [1.807, 2.05) is 0 Å². The van der Waals surface area contributed by atoms with Crippen LogP contribution in [-0.2, 0) is 10.0 Å². The molecular formula is C14H20ClFN2O2S. The minimum absolute atomic E-state index is 0.00630. The molecule has 0 spiro atoms. The van der Waals surface area contributed by atoms with Gasteiger partial charge in [-0.15, -0.1) is 0 Å². The lowest BCUT2D eigenvalue weighted by Gasteiger charge is -2.39. The average Bonchev–Trinajstić information content (AvgIpc) is 2.40. The Kier molecular flexibility index (Phi) is 4.92. The van der Waals surface area contributed by atoms with Gasteiger partial charge in [0.1, 0.15) is 4.90 Å². The van der Waals surface area contributed by atoms with E-state index in [2.05, 4.69) is 23.9 Å². The van der Waals surface area contributed by atoms with E-state index in [0.29, 0.717) is 0 Å². The van der Waals surface area contributed by atoms with E-state index in [0.717, 1.165) is 19.4 Å². The minimum atomic E-state index is -3.91. The van der Waals surface area contributed by atoms with Crippen molar-refractivity contribution in [3.8, 4) is 0 Å². The molecule has 118 valence electrons. The van der Waals surface area contributed by atoms with Crippen LogP contribution in [-0.4, -0.2) is 27.5 Å². The van der Waals surface area contributed by atoms with Crippen LogP contribution in [0.25, 0.3) is 0 Å². The summed E-state index contributed by atoms with van der Waals surface area (Å²) in [5.41, 5.74) is -0.00630. The highest BCUT2D eigenvalue weighted by molar-refractivity contribution is 7.89. The standard InChI is InChI=1S/C14H20ClFN2O2S/c1-14(2)7-4-8-17-12(14)9-18-21(19,20)11-6-3-5-10(15)13(11)16/h3,5-6,12,17-18H,4,7-9H2,1-2H3. The van der Waals surface area contributed by atoms with Crippen molar-refractivity contribution < 1.29 is 12.8 Å². The van der Waals surface area contributed by atoms with Crippen molar-refractivity contribution >= 4 is 21.6 Å². The molecule has 2 rings (SSSR count). The molecule has 1 heterocycles. The fourth-order valence-corrected chi connectivity index (χ4v) is 3.96. The smallest absolute Gasteiger partial charge is 0.243 e. The lowest BCUT2D eigenvalue weighted by atomic mass is 9.78. The molecule has 0 aromatic heterocycles. The van der Waals surface area contributed by atoms with E-state index in [1.165, 1.54) is 18.2 Å². The van der Waals surface area contributed by atoms with Gasteiger partial charge >= 0.3 is 0 Å². The van der Waals surface area contributed by atoms with E-state index in [9.17, 15) is 12.8 Å². The molecule has 2 N–H and O–H groups in total. The highest BCUT2D eigenvalue weighted by atomic mass is 35.5. The normalized spacial score (nSPS) is 22.2. The second-order valence-corrected chi connectivity index (χ2v) is 8.15. The second-order valence-electron chi connectivity index (χ2n) is 6.00. The molecular weight excluding hydrogens is 315 g/mol. The first-order valence-corrected chi connectivity index (χ1v) is 8.77. The highest BCUT2D eigenvalue weighted by Gasteiger charge is 2.33. The molecule has 4 nitrogen and oxygen atoms in total. The van der Waals surface area contributed by atoms with Gasteiger partial charge in [0, 0.05) is 12.6 Å². The predicted octanol–water partition coefficient (Wildman–Crippen LogP) is 2.54. The van der Waals surface area contributed by atoms with E-state index < -0.39 is 20.7 Å². The summed E-state index contributed by atoms with van der Waals surface area (Å²) in [6.07, 6.45) is 2.09. The molecule has 0 bridgehead atoms. The number of piperidine rings is 1. The summed E-state index contributed by atoms with van der Waals surface area (Å²) in [5, 5.41) is 3.11. The number of sulfonamides is 1. The summed E-state index contributed by atoms with van der Waals surface area (Å²) < 4.78 is 40.8. The molecule has 1 aliphatic heterocycles. The first-order chi connectivity index (χ1) is 9.74. The van der Waals surface area contributed by atoms with E-state index in [-0.39, 0.29) is 23.0 Å². The van der Waals surface area contributed by atoms with Crippen molar-refractivity contribution in [1.29, 1.82) is 0 Å². The fraction of sp³-hybridized carbons (Fsp3) is 0.571. The molecule has 0 aliphatic carbocycles. The van der Waals surface area contributed by atoms with Gasteiger partial charge in [0.05, 0.1) is 5.02 Å². The van der Waals surface area contributed by atoms with Crippen molar-refractivity contribution in [3.63, 3.8) is 0 Å². The SMILES string of the molecule is CC1(C)CCCNC1CNS(=O)(=O)c1cccc(Cl)c1F. The second kappa shape index (κ2) is 6.20. The van der Waals surface area contributed by atoms with Crippen molar-refractivity contribution in [2.24, 2.45) is 5.41 Å². The van der Waals surface area contributed by atoms with Gasteiger partial charge in [0.15, 0.2) is 5.82 Å². The average molecular weight is 335 g/mol. The number of benzene rings is 1. The van der Waals surface area contributed by atoms with Gasteiger partial charge in [-0.3, -0.25) is 0 Å². The Labute approximate surface area is 130 Å². The minimum Gasteiger partial charge on any atom is -0.312 e. The van der Waals surface area contributed by atoms with Crippen LogP contribution in [0, 0.1) is 11.2 Å². The zero-order valence-corrected chi connectivity index (χ0v) is 13.7. The van der Waals surface area contributed by atoms with Gasteiger partial charge in [0.2, 0.25) is 10.0 Å².